The highest BCUT2D eigenvalue weighted by Gasteiger charge is 2.24. The van der Waals surface area contributed by atoms with Crippen molar-refractivity contribution in [1.82, 2.24) is 9.97 Å². The predicted octanol–water partition coefficient (Wildman–Crippen LogP) is 3.17. The Morgan fingerprint density at radius 1 is 1.20 bits per heavy atom. The molecule has 0 unspecified atom stereocenters. The Morgan fingerprint density at radius 2 is 1.92 bits per heavy atom. The van der Waals surface area contributed by atoms with Gasteiger partial charge in [-0.3, -0.25) is 9.80 Å². The molecule has 0 aliphatic carbocycles. The van der Waals surface area contributed by atoms with E-state index < -0.39 is 5.92 Å². The van der Waals surface area contributed by atoms with Crippen LogP contribution in [-0.2, 0) is 0 Å². The van der Waals surface area contributed by atoms with Crippen LogP contribution in [0.4, 0.5) is 5.69 Å². The number of carbonyl (C=O) groups excluding carboxylic acids is 1. The number of carbonyl (C=O) groups is 1. The number of hydrazone groups is 1. The third-order valence-electron chi connectivity index (χ3n) is 4.10. The molecule has 1 aliphatic heterocycles. The summed E-state index contributed by atoms with van der Waals surface area (Å²) in [5.41, 5.74) is 3.72. The molecule has 1 aliphatic rings. The number of nitriles is 1. The highest BCUT2D eigenvalue weighted by atomic mass is 16.1. The molecule has 0 fully saturated rings. The van der Waals surface area contributed by atoms with E-state index in [0.29, 0.717) is 17.1 Å². The second kappa shape index (κ2) is 6.81. The van der Waals surface area contributed by atoms with E-state index >= 15 is 0 Å². The number of nitrogens with zero attached hydrogens (tertiary/aromatic N) is 5. The zero-order valence-electron chi connectivity index (χ0n) is 14.5. The van der Waals surface area contributed by atoms with Crippen LogP contribution in [0.5, 0.6) is 0 Å². The third kappa shape index (κ3) is 3.56. The van der Waals surface area contributed by atoms with Gasteiger partial charge in [0.25, 0.3) is 0 Å². The molecule has 1 atom stereocenters. The Bertz CT molecular complexity index is 859. The van der Waals surface area contributed by atoms with Crippen LogP contribution in [0.1, 0.15) is 46.8 Å². The SMILES string of the molecule is CC1=NN(c2ccc(C(=O)[C@H](C#N)c3cc(C)nc(C)n3)cc2)CC1. The smallest absolute Gasteiger partial charge is 0.186 e. The molecule has 126 valence electrons. The van der Waals surface area contributed by atoms with Crippen LogP contribution in [-0.4, -0.2) is 28.0 Å². The topological polar surface area (TPSA) is 82.2 Å². The first kappa shape index (κ1) is 16.8. The molecule has 0 spiro atoms. The summed E-state index contributed by atoms with van der Waals surface area (Å²) >= 11 is 0. The highest BCUT2D eigenvalue weighted by Crippen LogP contribution is 2.23. The molecule has 3 rings (SSSR count). The van der Waals surface area contributed by atoms with Crippen molar-refractivity contribution in [3.63, 3.8) is 0 Å². The Hall–Kier alpha value is -3.07. The number of ketones is 1. The summed E-state index contributed by atoms with van der Waals surface area (Å²) in [5, 5.41) is 15.9. The lowest BCUT2D eigenvalue weighted by molar-refractivity contribution is 0.0977. The van der Waals surface area contributed by atoms with Gasteiger partial charge in [0.05, 0.1) is 17.5 Å². The van der Waals surface area contributed by atoms with Crippen LogP contribution in [0.25, 0.3) is 0 Å². The zero-order valence-corrected chi connectivity index (χ0v) is 14.5. The second-order valence-electron chi connectivity index (χ2n) is 6.16. The molecule has 6 heteroatoms. The molecule has 0 saturated heterocycles. The number of aromatic nitrogens is 2. The Kier molecular flexibility index (Phi) is 4.57. The first-order chi connectivity index (χ1) is 12.0. The zero-order chi connectivity index (χ0) is 18.0. The predicted molar refractivity (Wildman–Crippen MR) is 95.7 cm³/mol. The van der Waals surface area contributed by atoms with Crippen molar-refractivity contribution in [3.8, 4) is 6.07 Å². The van der Waals surface area contributed by atoms with Gasteiger partial charge in [-0.1, -0.05) is 0 Å². The molecule has 0 radical (unpaired) electrons. The summed E-state index contributed by atoms with van der Waals surface area (Å²) in [7, 11) is 0. The molecule has 0 bridgehead atoms. The lowest BCUT2D eigenvalue weighted by Crippen LogP contribution is -2.15. The highest BCUT2D eigenvalue weighted by molar-refractivity contribution is 6.02. The van der Waals surface area contributed by atoms with E-state index in [1.807, 2.05) is 31.0 Å². The van der Waals surface area contributed by atoms with Gasteiger partial charge >= 0.3 is 0 Å². The minimum absolute atomic E-state index is 0.257. The van der Waals surface area contributed by atoms with Crippen LogP contribution in [0.15, 0.2) is 35.4 Å². The lowest BCUT2D eigenvalue weighted by Gasteiger charge is -2.14. The van der Waals surface area contributed by atoms with Crippen molar-refractivity contribution in [2.24, 2.45) is 5.10 Å². The van der Waals surface area contributed by atoms with Gasteiger partial charge in [0.1, 0.15) is 5.82 Å². The van der Waals surface area contributed by atoms with E-state index in [2.05, 4.69) is 21.1 Å². The van der Waals surface area contributed by atoms with Gasteiger partial charge in [0.15, 0.2) is 11.7 Å². The minimum Gasteiger partial charge on any atom is -0.292 e. The maximum Gasteiger partial charge on any atom is 0.186 e. The molecule has 1 aromatic heterocycles. The third-order valence-corrected chi connectivity index (χ3v) is 4.10. The van der Waals surface area contributed by atoms with Crippen LogP contribution >= 0.6 is 0 Å². The van der Waals surface area contributed by atoms with Gasteiger partial charge in [-0.15, -0.1) is 0 Å². The molecular formula is C19H19N5O. The number of Topliss-reactive ketones (excluding diaryl/α,β-unsaturated/α-hetero) is 1. The maximum absolute atomic E-state index is 12.8. The standard InChI is InChI=1S/C19H19N5O/c1-12-8-9-24(23-12)16-6-4-15(5-7-16)19(25)17(11-20)18-10-13(2)21-14(3)22-18/h4-7,10,17H,8-9H2,1-3H3/t17-/m1/s1. The van der Waals surface area contributed by atoms with Gasteiger partial charge in [0.2, 0.25) is 0 Å². The normalized spacial score (nSPS) is 14.8. The van der Waals surface area contributed by atoms with Crippen LogP contribution in [0, 0.1) is 25.2 Å². The van der Waals surface area contributed by atoms with Gasteiger partial charge in [0, 0.05) is 29.9 Å². The summed E-state index contributed by atoms with van der Waals surface area (Å²) in [4.78, 5) is 21.2. The van der Waals surface area contributed by atoms with Crippen molar-refractivity contribution in [1.29, 1.82) is 5.26 Å². The fourth-order valence-electron chi connectivity index (χ4n) is 2.88. The number of anilines is 1. The molecule has 2 heterocycles. The van der Waals surface area contributed by atoms with E-state index in [1.54, 1.807) is 25.1 Å². The monoisotopic (exact) mass is 333 g/mol. The van der Waals surface area contributed by atoms with E-state index in [4.69, 9.17) is 0 Å². The van der Waals surface area contributed by atoms with Crippen LogP contribution in [0.3, 0.4) is 0 Å². The number of hydrogen-bond donors (Lipinski definition) is 0. The van der Waals surface area contributed by atoms with Crippen molar-refractivity contribution in [2.75, 3.05) is 11.6 Å². The second-order valence-corrected chi connectivity index (χ2v) is 6.16. The van der Waals surface area contributed by atoms with Gasteiger partial charge in [-0.25, -0.2) is 9.97 Å². The summed E-state index contributed by atoms with van der Waals surface area (Å²) in [6, 6.07) is 11.0. The van der Waals surface area contributed by atoms with E-state index in [0.717, 1.165) is 30.1 Å². The summed E-state index contributed by atoms with van der Waals surface area (Å²) in [6.07, 6.45) is 0.948. The summed E-state index contributed by atoms with van der Waals surface area (Å²) in [5.74, 6) is -0.633. The van der Waals surface area contributed by atoms with Crippen molar-refractivity contribution in [3.05, 3.63) is 53.1 Å². The first-order valence-corrected chi connectivity index (χ1v) is 8.15. The summed E-state index contributed by atoms with van der Waals surface area (Å²) in [6.45, 7) is 6.42. The molecule has 1 aromatic carbocycles. The quantitative estimate of drug-likeness (QED) is 0.803. The number of aryl methyl sites for hydroxylation is 2. The Morgan fingerprint density at radius 3 is 2.48 bits per heavy atom. The molecule has 0 N–H and O–H groups in total. The molecular weight excluding hydrogens is 314 g/mol. The maximum atomic E-state index is 12.8. The Balaban J connectivity index is 1.85. The molecule has 0 amide bonds. The molecule has 2 aromatic rings. The van der Waals surface area contributed by atoms with Gasteiger partial charge < -0.3 is 0 Å². The molecule has 0 saturated carbocycles. The van der Waals surface area contributed by atoms with Gasteiger partial charge in [-0.05, 0) is 51.1 Å². The molecule has 6 nitrogen and oxygen atoms in total. The van der Waals surface area contributed by atoms with E-state index in [1.165, 1.54) is 0 Å². The van der Waals surface area contributed by atoms with Crippen molar-refractivity contribution in [2.45, 2.75) is 33.1 Å². The molecule has 25 heavy (non-hydrogen) atoms. The average molecular weight is 333 g/mol. The van der Waals surface area contributed by atoms with Crippen molar-refractivity contribution >= 4 is 17.2 Å². The minimum atomic E-state index is -0.932. The average Bonchev–Trinajstić information content (AvgIpc) is 3.01. The largest absolute Gasteiger partial charge is 0.292 e. The van der Waals surface area contributed by atoms with Crippen LogP contribution in [0.2, 0.25) is 0 Å². The fourth-order valence-corrected chi connectivity index (χ4v) is 2.88. The Labute approximate surface area is 146 Å². The van der Waals surface area contributed by atoms with Gasteiger partial charge in [-0.2, -0.15) is 10.4 Å². The number of rotatable bonds is 4. The lowest BCUT2D eigenvalue weighted by atomic mass is 9.95. The first-order valence-electron chi connectivity index (χ1n) is 8.15. The van der Waals surface area contributed by atoms with E-state index in [-0.39, 0.29) is 5.78 Å². The fraction of sp³-hybridized carbons (Fsp3) is 0.316. The van der Waals surface area contributed by atoms with Crippen molar-refractivity contribution < 1.29 is 4.79 Å². The summed E-state index contributed by atoms with van der Waals surface area (Å²) < 4.78 is 0. The number of benzene rings is 1. The number of hydrogen-bond acceptors (Lipinski definition) is 6. The van der Waals surface area contributed by atoms with Crippen LogP contribution < -0.4 is 5.01 Å². The van der Waals surface area contributed by atoms with E-state index in [9.17, 15) is 10.1 Å².